The van der Waals surface area contributed by atoms with Gasteiger partial charge in [0.15, 0.2) is 11.5 Å². The monoisotopic (exact) mass is 333 g/mol. The molecule has 1 atom stereocenters. The SMILES string of the molecule is C=CCN1C(=O)C(O)=C(C(=O)CC(C)C)C1c1ccc(Cl)cc1. The Morgan fingerprint density at radius 1 is 1.39 bits per heavy atom. The summed E-state index contributed by atoms with van der Waals surface area (Å²) in [6, 6.07) is 6.32. The Morgan fingerprint density at radius 3 is 2.52 bits per heavy atom. The van der Waals surface area contributed by atoms with Gasteiger partial charge in [-0.3, -0.25) is 9.59 Å². The van der Waals surface area contributed by atoms with E-state index < -0.39 is 17.7 Å². The highest BCUT2D eigenvalue weighted by Gasteiger charge is 2.42. The number of aliphatic hydroxyl groups is 1. The lowest BCUT2D eigenvalue weighted by Crippen LogP contribution is -2.31. The lowest BCUT2D eigenvalue weighted by Gasteiger charge is -2.26. The molecule has 0 saturated heterocycles. The molecule has 4 nitrogen and oxygen atoms in total. The van der Waals surface area contributed by atoms with Gasteiger partial charge in [-0.25, -0.2) is 0 Å². The van der Waals surface area contributed by atoms with Crippen LogP contribution in [0.2, 0.25) is 5.02 Å². The van der Waals surface area contributed by atoms with Crippen molar-refractivity contribution in [3.05, 3.63) is 58.8 Å². The highest BCUT2D eigenvalue weighted by molar-refractivity contribution is 6.30. The van der Waals surface area contributed by atoms with Gasteiger partial charge in [0, 0.05) is 18.0 Å². The van der Waals surface area contributed by atoms with Crippen LogP contribution in [0.5, 0.6) is 0 Å². The Morgan fingerprint density at radius 2 is 2.00 bits per heavy atom. The number of halogens is 1. The summed E-state index contributed by atoms with van der Waals surface area (Å²) < 4.78 is 0. The average molecular weight is 334 g/mol. The third kappa shape index (κ3) is 3.48. The van der Waals surface area contributed by atoms with Gasteiger partial charge in [0.05, 0.1) is 11.6 Å². The predicted molar refractivity (Wildman–Crippen MR) is 90.2 cm³/mol. The maximum absolute atomic E-state index is 12.6. The quantitative estimate of drug-likeness (QED) is 0.805. The molecule has 0 aromatic heterocycles. The second kappa shape index (κ2) is 7.01. The van der Waals surface area contributed by atoms with Crippen molar-refractivity contribution in [2.75, 3.05) is 6.54 Å². The first kappa shape index (κ1) is 17.3. The van der Waals surface area contributed by atoms with Gasteiger partial charge in [-0.05, 0) is 23.6 Å². The van der Waals surface area contributed by atoms with Crippen molar-refractivity contribution in [2.24, 2.45) is 5.92 Å². The fourth-order valence-electron chi connectivity index (χ4n) is 2.74. The van der Waals surface area contributed by atoms with E-state index in [2.05, 4.69) is 6.58 Å². The minimum atomic E-state index is -0.607. The van der Waals surface area contributed by atoms with Gasteiger partial charge in [0.2, 0.25) is 0 Å². The third-order valence-electron chi connectivity index (χ3n) is 3.71. The molecule has 1 unspecified atom stereocenters. The van der Waals surface area contributed by atoms with E-state index in [9.17, 15) is 14.7 Å². The minimum absolute atomic E-state index is 0.136. The van der Waals surface area contributed by atoms with Crippen molar-refractivity contribution in [1.82, 2.24) is 4.90 Å². The molecular formula is C18H20ClNO3. The number of amides is 1. The average Bonchev–Trinajstić information content (AvgIpc) is 2.73. The summed E-state index contributed by atoms with van der Waals surface area (Å²) >= 11 is 5.92. The van der Waals surface area contributed by atoms with E-state index in [1.165, 1.54) is 4.90 Å². The van der Waals surface area contributed by atoms with Crippen molar-refractivity contribution in [2.45, 2.75) is 26.3 Å². The molecule has 1 heterocycles. The third-order valence-corrected chi connectivity index (χ3v) is 3.96. The van der Waals surface area contributed by atoms with E-state index in [1.54, 1.807) is 30.3 Å². The molecule has 0 radical (unpaired) electrons. The van der Waals surface area contributed by atoms with E-state index in [4.69, 9.17) is 11.6 Å². The molecule has 1 aromatic carbocycles. The number of hydrogen-bond acceptors (Lipinski definition) is 3. The van der Waals surface area contributed by atoms with E-state index >= 15 is 0 Å². The smallest absolute Gasteiger partial charge is 0.290 e. The summed E-state index contributed by atoms with van der Waals surface area (Å²) in [6.45, 7) is 7.73. The Hall–Kier alpha value is -2.07. The Bertz CT molecular complexity index is 661. The van der Waals surface area contributed by atoms with Crippen LogP contribution in [0.15, 0.2) is 48.3 Å². The molecule has 1 aromatic rings. The molecule has 23 heavy (non-hydrogen) atoms. The molecular weight excluding hydrogens is 314 g/mol. The first-order valence-corrected chi connectivity index (χ1v) is 7.88. The summed E-state index contributed by atoms with van der Waals surface area (Å²) in [5, 5.41) is 10.8. The topological polar surface area (TPSA) is 57.6 Å². The van der Waals surface area contributed by atoms with Crippen molar-refractivity contribution in [3.8, 4) is 0 Å². The second-order valence-electron chi connectivity index (χ2n) is 5.98. The Labute approximate surface area is 141 Å². The van der Waals surface area contributed by atoms with Gasteiger partial charge < -0.3 is 10.0 Å². The first-order chi connectivity index (χ1) is 10.9. The molecule has 1 aliphatic rings. The molecule has 0 fully saturated rings. The van der Waals surface area contributed by atoms with Gasteiger partial charge in [-0.1, -0.05) is 43.7 Å². The van der Waals surface area contributed by atoms with Gasteiger partial charge in [0.1, 0.15) is 0 Å². The van der Waals surface area contributed by atoms with E-state index in [0.717, 1.165) is 5.56 Å². The van der Waals surface area contributed by atoms with Crippen molar-refractivity contribution >= 4 is 23.3 Å². The molecule has 122 valence electrons. The zero-order valence-corrected chi connectivity index (χ0v) is 14.0. The number of Topliss-reactive ketones (excluding diaryl/α,β-unsaturated/α-hetero) is 1. The predicted octanol–water partition coefficient (Wildman–Crippen LogP) is 3.84. The largest absolute Gasteiger partial charge is 0.503 e. The standard InChI is InChI=1S/C18H20ClNO3/c1-4-9-20-16(12-5-7-13(19)8-6-12)15(17(22)18(20)23)14(21)10-11(2)3/h4-8,11,16,22H,1,9-10H2,2-3H3. The zero-order chi connectivity index (χ0) is 17.1. The van der Waals surface area contributed by atoms with Crippen molar-refractivity contribution in [1.29, 1.82) is 0 Å². The van der Waals surface area contributed by atoms with Crippen molar-refractivity contribution in [3.63, 3.8) is 0 Å². The molecule has 0 bridgehead atoms. The number of benzene rings is 1. The summed E-state index contributed by atoms with van der Waals surface area (Å²) in [5.41, 5.74) is 0.897. The summed E-state index contributed by atoms with van der Waals surface area (Å²) in [5.74, 6) is -1.08. The van der Waals surface area contributed by atoms with Crippen LogP contribution in [0.4, 0.5) is 0 Å². The molecule has 1 amide bonds. The molecule has 1 N–H and O–H groups in total. The Kier molecular flexibility index (Phi) is 5.26. The van der Waals surface area contributed by atoms with Crippen LogP contribution in [-0.2, 0) is 9.59 Å². The molecule has 0 saturated carbocycles. The van der Waals surface area contributed by atoms with Crippen LogP contribution >= 0.6 is 11.6 Å². The maximum atomic E-state index is 12.6. The van der Waals surface area contributed by atoms with E-state index in [0.29, 0.717) is 5.02 Å². The molecule has 1 aliphatic heterocycles. The lowest BCUT2D eigenvalue weighted by atomic mass is 9.92. The normalized spacial score (nSPS) is 18.0. The maximum Gasteiger partial charge on any atom is 0.290 e. The molecule has 0 spiro atoms. The zero-order valence-electron chi connectivity index (χ0n) is 13.3. The highest BCUT2D eigenvalue weighted by Crippen LogP contribution is 2.38. The van der Waals surface area contributed by atoms with E-state index in [1.807, 2.05) is 13.8 Å². The number of ketones is 1. The fourth-order valence-corrected chi connectivity index (χ4v) is 2.86. The van der Waals surface area contributed by atoms with Crippen LogP contribution in [0.3, 0.4) is 0 Å². The number of carbonyl (C=O) groups is 2. The van der Waals surface area contributed by atoms with Crippen LogP contribution < -0.4 is 0 Å². The molecule has 5 heteroatoms. The van der Waals surface area contributed by atoms with Crippen LogP contribution in [-0.4, -0.2) is 28.2 Å². The van der Waals surface area contributed by atoms with Gasteiger partial charge >= 0.3 is 0 Å². The van der Waals surface area contributed by atoms with Gasteiger partial charge in [-0.2, -0.15) is 0 Å². The molecule has 0 aliphatic carbocycles. The van der Waals surface area contributed by atoms with Crippen LogP contribution in [0, 0.1) is 5.92 Å². The number of aliphatic hydroxyl groups excluding tert-OH is 1. The molecule has 2 rings (SSSR count). The van der Waals surface area contributed by atoms with Crippen LogP contribution in [0.1, 0.15) is 31.9 Å². The summed E-state index contributed by atoms with van der Waals surface area (Å²) in [7, 11) is 0. The number of nitrogens with zero attached hydrogens (tertiary/aromatic N) is 1. The fraction of sp³-hybridized carbons (Fsp3) is 0.333. The first-order valence-electron chi connectivity index (χ1n) is 7.50. The summed E-state index contributed by atoms with van der Waals surface area (Å²) in [4.78, 5) is 26.3. The highest BCUT2D eigenvalue weighted by atomic mass is 35.5. The van der Waals surface area contributed by atoms with Gasteiger partial charge in [0.25, 0.3) is 5.91 Å². The minimum Gasteiger partial charge on any atom is -0.503 e. The number of rotatable bonds is 6. The summed E-state index contributed by atoms with van der Waals surface area (Å²) in [6.07, 6.45) is 1.85. The van der Waals surface area contributed by atoms with Gasteiger partial charge in [-0.15, -0.1) is 6.58 Å². The Balaban J connectivity index is 2.50. The number of hydrogen-bond donors (Lipinski definition) is 1. The van der Waals surface area contributed by atoms with E-state index in [-0.39, 0.29) is 30.2 Å². The van der Waals surface area contributed by atoms with Crippen molar-refractivity contribution < 1.29 is 14.7 Å². The van der Waals surface area contributed by atoms with Crippen LogP contribution in [0.25, 0.3) is 0 Å². The number of carbonyl (C=O) groups excluding carboxylic acids is 2. The second-order valence-corrected chi connectivity index (χ2v) is 6.42. The lowest BCUT2D eigenvalue weighted by molar-refractivity contribution is -0.128.